The fourth-order valence-electron chi connectivity index (χ4n) is 2.37. The number of thiophene rings is 1. The number of fused-ring (bicyclic) bond motifs is 1. The van der Waals surface area contributed by atoms with E-state index in [2.05, 4.69) is 25.9 Å². The zero-order valence-corrected chi connectivity index (χ0v) is 14.6. The molecule has 0 aliphatic heterocycles. The van der Waals surface area contributed by atoms with Crippen molar-refractivity contribution in [1.82, 2.24) is 9.97 Å². The number of hydrogen-bond donors (Lipinski definition) is 0. The van der Waals surface area contributed by atoms with Gasteiger partial charge in [-0.25, -0.2) is 18.4 Å². The Balaban J connectivity index is 1.86. The molecule has 0 N–H and O–H groups in total. The fourth-order valence-corrected chi connectivity index (χ4v) is 5.96. The van der Waals surface area contributed by atoms with Gasteiger partial charge in [0.25, 0.3) is 0 Å². The van der Waals surface area contributed by atoms with Crippen LogP contribution in [0.25, 0.3) is 21.5 Å². The molecule has 2 aromatic heterocycles. The van der Waals surface area contributed by atoms with E-state index in [0.29, 0.717) is 4.21 Å². The van der Waals surface area contributed by atoms with E-state index in [1.807, 2.05) is 24.3 Å². The number of halogens is 1. The van der Waals surface area contributed by atoms with Crippen LogP contribution in [-0.4, -0.2) is 23.6 Å². The van der Waals surface area contributed by atoms with Gasteiger partial charge in [0.2, 0.25) is 0 Å². The number of rotatable bonds is 3. The average molecular weight is 395 g/mol. The lowest BCUT2D eigenvalue weighted by Crippen LogP contribution is -2.04. The van der Waals surface area contributed by atoms with Crippen molar-refractivity contribution < 1.29 is 8.42 Å². The van der Waals surface area contributed by atoms with Crippen LogP contribution in [0.3, 0.4) is 0 Å². The second-order valence-electron chi connectivity index (χ2n) is 5.25. The molecule has 4 rings (SSSR count). The van der Waals surface area contributed by atoms with Crippen molar-refractivity contribution in [3.63, 3.8) is 0 Å². The molecule has 0 spiro atoms. The van der Waals surface area contributed by atoms with Crippen molar-refractivity contribution in [3.8, 4) is 10.6 Å². The normalized spacial score (nSPS) is 15.3. The number of sulfone groups is 1. The van der Waals surface area contributed by atoms with Gasteiger partial charge in [-0.15, -0.1) is 11.3 Å². The largest absolute Gasteiger partial charge is 0.236 e. The molecule has 0 unspecified atom stereocenters. The highest BCUT2D eigenvalue weighted by Crippen LogP contribution is 2.39. The Morgan fingerprint density at radius 2 is 1.95 bits per heavy atom. The molecule has 0 radical (unpaired) electrons. The summed E-state index contributed by atoms with van der Waals surface area (Å²) in [5.41, 5.74) is 1.61. The monoisotopic (exact) mass is 394 g/mol. The summed E-state index contributed by atoms with van der Waals surface area (Å²) in [6, 6.07) is 9.33. The lowest BCUT2D eigenvalue weighted by Gasteiger charge is -2.03. The summed E-state index contributed by atoms with van der Waals surface area (Å²) >= 11 is 4.74. The lowest BCUT2D eigenvalue weighted by atomic mass is 10.1. The van der Waals surface area contributed by atoms with E-state index in [0.717, 1.165) is 38.8 Å². The van der Waals surface area contributed by atoms with Crippen molar-refractivity contribution in [3.05, 3.63) is 41.1 Å². The lowest BCUT2D eigenvalue weighted by molar-refractivity contribution is 0.597. The molecule has 7 heteroatoms. The molecule has 1 fully saturated rings. The van der Waals surface area contributed by atoms with Crippen molar-refractivity contribution in [2.24, 2.45) is 0 Å². The maximum atomic E-state index is 12.3. The molecule has 112 valence electrons. The van der Waals surface area contributed by atoms with Gasteiger partial charge in [-0.3, -0.25) is 0 Å². The smallest absolute Gasteiger partial charge is 0.190 e. The molecule has 3 aromatic rings. The Morgan fingerprint density at radius 3 is 2.73 bits per heavy atom. The first-order valence-corrected chi connectivity index (χ1v) is 9.96. The van der Waals surface area contributed by atoms with E-state index >= 15 is 0 Å². The van der Waals surface area contributed by atoms with Gasteiger partial charge in [0.1, 0.15) is 10.5 Å². The van der Waals surface area contributed by atoms with Gasteiger partial charge < -0.3 is 0 Å². The highest BCUT2D eigenvalue weighted by Gasteiger charge is 2.37. The molecule has 1 aromatic carbocycles. The van der Waals surface area contributed by atoms with Gasteiger partial charge in [-0.05, 0) is 43.2 Å². The van der Waals surface area contributed by atoms with Gasteiger partial charge in [0.05, 0.1) is 21.3 Å². The Hall–Kier alpha value is -1.31. The molecule has 0 saturated heterocycles. The van der Waals surface area contributed by atoms with Crippen LogP contribution in [0.4, 0.5) is 0 Å². The molecule has 0 amide bonds. The van der Waals surface area contributed by atoms with Crippen molar-refractivity contribution >= 4 is 48.0 Å². The maximum Gasteiger partial charge on any atom is 0.190 e. The molecule has 22 heavy (non-hydrogen) atoms. The zero-order valence-electron chi connectivity index (χ0n) is 11.4. The van der Waals surface area contributed by atoms with E-state index < -0.39 is 9.84 Å². The SMILES string of the molecule is O=S(=O)(c1ccc(-c2ncnc3ccc(Br)cc23)s1)C1CC1. The van der Waals surface area contributed by atoms with Gasteiger partial charge in [0.15, 0.2) is 9.84 Å². The van der Waals surface area contributed by atoms with Crippen LogP contribution in [0.15, 0.2) is 45.3 Å². The van der Waals surface area contributed by atoms with E-state index in [9.17, 15) is 8.42 Å². The minimum Gasteiger partial charge on any atom is -0.236 e. The van der Waals surface area contributed by atoms with Crippen molar-refractivity contribution in [2.75, 3.05) is 0 Å². The topological polar surface area (TPSA) is 59.9 Å². The van der Waals surface area contributed by atoms with Crippen LogP contribution in [0.5, 0.6) is 0 Å². The molecular formula is C15H11BrN2O2S2. The van der Waals surface area contributed by atoms with Gasteiger partial charge >= 0.3 is 0 Å². The molecule has 2 heterocycles. The number of hydrogen-bond acceptors (Lipinski definition) is 5. The minimum absolute atomic E-state index is 0.185. The molecule has 4 nitrogen and oxygen atoms in total. The third kappa shape index (κ3) is 2.37. The third-order valence-electron chi connectivity index (χ3n) is 3.66. The van der Waals surface area contributed by atoms with Crippen LogP contribution in [-0.2, 0) is 9.84 Å². The predicted molar refractivity (Wildman–Crippen MR) is 90.8 cm³/mol. The predicted octanol–water partition coefficient (Wildman–Crippen LogP) is 4.06. The molecular weight excluding hydrogens is 384 g/mol. The Kier molecular flexibility index (Phi) is 3.32. The highest BCUT2D eigenvalue weighted by molar-refractivity contribution is 9.10. The highest BCUT2D eigenvalue weighted by atomic mass is 79.9. The van der Waals surface area contributed by atoms with Crippen LogP contribution in [0.1, 0.15) is 12.8 Å². The fraction of sp³-hybridized carbons (Fsp3) is 0.200. The standard InChI is InChI=1S/C15H11BrN2O2S2/c16-9-1-4-12-11(7-9)15(18-8-17-12)13-5-6-14(21-13)22(19,20)10-2-3-10/h1,4-8,10H,2-3H2. The summed E-state index contributed by atoms with van der Waals surface area (Å²) in [7, 11) is -3.15. The van der Waals surface area contributed by atoms with Crippen molar-refractivity contribution in [1.29, 1.82) is 0 Å². The van der Waals surface area contributed by atoms with Crippen LogP contribution < -0.4 is 0 Å². The van der Waals surface area contributed by atoms with E-state index in [1.54, 1.807) is 6.07 Å². The summed E-state index contributed by atoms with van der Waals surface area (Å²) in [6.45, 7) is 0. The Morgan fingerprint density at radius 1 is 1.14 bits per heavy atom. The summed E-state index contributed by atoms with van der Waals surface area (Å²) < 4.78 is 26.0. The maximum absolute atomic E-state index is 12.3. The van der Waals surface area contributed by atoms with E-state index in [1.165, 1.54) is 17.7 Å². The zero-order chi connectivity index (χ0) is 15.3. The minimum atomic E-state index is -3.15. The first-order chi connectivity index (χ1) is 10.6. The Bertz CT molecular complexity index is 978. The molecule has 1 saturated carbocycles. The second kappa shape index (κ2) is 5.11. The van der Waals surface area contributed by atoms with Gasteiger partial charge in [-0.1, -0.05) is 15.9 Å². The molecule has 0 bridgehead atoms. The van der Waals surface area contributed by atoms with Crippen LogP contribution in [0, 0.1) is 0 Å². The summed E-state index contributed by atoms with van der Waals surface area (Å²) in [4.78, 5) is 9.47. The van der Waals surface area contributed by atoms with Gasteiger partial charge in [-0.2, -0.15) is 0 Å². The first kappa shape index (κ1) is 14.3. The first-order valence-electron chi connectivity index (χ1n) is 6.80. The number of benzene rings is 1. The third-order valence-corrected chi connectivity index (χ3v) is 8.03. The summed E-state index contributed by atoms with van der Waals surface area (Å²) in [5, 5.41) is 0.726. The van der Waals surface area contributed by atoms with Crippen molar-refractivity contribution in [2.45, 2.75) is 22.3 Å². The van der Waals surface area contributed by atoms with E-state index in [4.69, 9.17) is 0 Å². The Labute approximate surface area is 140 Å². The average Bonchev–Trinajstić information content (AvgIpc) is 3.25. The second-order valence-corrected chi connectivity index (χ2v) is 9.70. The number of aromatic nitrogens is 2. The number of nitrogens with zero attached hydrogens (tertiary/aromatic N) is 2. The molecule has 1 aliphatic rings. The van der Waals surface area contributed by atoms with E-state index in [-0.39, 0.29) is 5.25 Å². The van der Waals surface area contributed by atoms with Gasteiger partial charge in [0, 0.05) is 9.86 Å². The molecule has 0 atom stereocenters. The van der Waals surface area contributed by atoms with Crippen LogP contribution in [0.2, 0.25) is 0 Å². The van der Waals surface area contributed by atoms with Crippen LogP contribution >= 0.6 is 27.3 Å². The summed E-state index contributed by atoms with van der Waals surface area (Å²) in [5.74, 6) is 0. The quantitative estimate of drug-likeness (QED) is 0.671. The molecule has 1 aliphatic carbocycles. The summed E-state index contributed by atoms with van der Waals surface area (Å²) in [6.07, 6.45) is 3.07.